The van der Waals surface area contributed by atoms with Crippen molar-refractivity contribution >= 4 is 29.3 Å². The molecule has 5 nitrogen and oxygen atoms in total. The van der Waals surface area contributed by atoms with Crippen LogP contribution in [0, 0.1) is 5.82 Å². The van der Waals surface area contributed by atoms with Gasteiger partial charge in [0.05, 0.1) is 5.69 Å². The highest BCUT2D eigenvalue weighted by Crippen LogP contribution is 2.23. The highest BCUT2D eigenvalue weighted by Gasteiger charge is 2.28. The lowest BCUT2D eigenvalue weighted by atomic mass is 10.1. The van der Waals surface area contributed by atoms with Crippen LogP contribution >= 0.6 is 11.8 Å². The van der Waals surface area contributed by atoms with Gasteiger partial charge in [0.2, 0.25) is 11.8 Å². The molecule has 1 unspecified atom stereocenters. The molecule has 0 bridgehead atoms. The summed E-state index contributed by atoms with van der Waals surface area (Å²) in [6.45, 7) is 5.74. The van der Waals surface area contributed by atoms with E-state index < -0.39 is 6.04 Å². The number of thioether (sulfide) groups is 1. The Labute approximate surface area is 194 Å². The van der Waals surface area contributed by atoms with Gasteiger partial charge in [0.1, 0.15) is 11.9 Å². The molecule has 0 spiro atoms. The van der Waals surface area contributed by atoms with Crippen LogP contribution in [-0.2, 0) is 16.0 Å². The molecule has 2 amide bonds. The van der Waals surface area contributed by atoms with Crippen LogP contribution < -0.4 is 10.2 Å². The standard InChI is InChI=1S/C25H32FN3O2S/c1-3-4-7-20-10-12-21(13-11-20)32-18-23(27-19(2)30)25(31)29-16-14-28(15-17-29)24-9-6-5-8-22(24)26/h5-6,8-13,23H,3-4,7,14-18H2,1-2H3,(H,27,30). The Morgan fingerprint density at radius 2 is 1.75 bits per heavy atom. The first-order valence-electron chi connectivity index (χ1n) is 11.2. The number of rotatable bonds is 9. The van der Waals surface area contributed by atoms with Gasteiger partial charge in [-0.3, -0.25) is 9.59 Å². The van der Waals surface area contributed by atoms with Crippen molar-refractivity contribution in [2.75, 3.05) is 36.8 Å². The molecule has 1 aliphatic heterocycles. The Balaban J connectivity index is 1.56. The number of anilines is 1. The number of unbranched alkanes of at least 4 members (excludes halogenated alkanes) is 1. The van der Waals surface area contributed by atoms with Crippen LogP contribution in [0.2, 0.25) is 0 Å². The summed E-state index contributed by atoms with van der Waals surface area (Å²) in [6.07, 6.45) is 3.43. The first-order valence-corrected chi connectivity index (χ1v) is 12.2. The van der Waals surface area contributed by atoms with Gasteiger partial charge in [-0.2, -0.15) is 0 Å². The molecule has 7 heteroatoms. The second-order valence-electron chi connectivity index (χ2n) is 8.08. The van der Waals surface area contributed by atoms with Crippen molar-refractivity contribution in [3.63, 3.8) is 0 Å². The molecule has 172 valence electrons. The highest BCUT2D eigenvalue weighted by atomic mass is 32.2. The van der Waals surface area contributed by atoms with Crippen LogP contribution in [0.3, 0.4) is 0 Å². The molecule has 1 atom stereocenters. The van der Waals surface area contributed by atoms with Gasteiger partial charge >= 0.3 is 0 Å². The van der Waals surface area contributed by atoms with E-state index in [9.17, 15) is 14.0 Å². The van der Waals surface area contributed by atoms with Crippen LogP contribution in [0.25, 0.3) is 0 Å². The van der Waals surface area contributed by atoms with Crippen LogP contribution in [0.4, 0.5) is 10.1 Å². The molecule has 0 aromatic heterocycles. The maximum Gasteiger partial charge on any atom is 0.246 e. The fourth-order valence-electron chi connectivity index (χ4n) is 3.83. The predicted molar refractivity (Wildman–Crippen MR) is 129 cm³/mol. The smallest absolute Gasteiger partial charge is 0.246 e. The van der Waals surface area contributed by atoms with E-state index in [1.165, 1.54) is 31.4 Å². The Kier molecular flexibility index (Phi) is 8.97. The Hall–Kier alpha value is -2.54. The van der Waals surface area contributed by atoms with Gasteiger partial charge in [-0.1, -0.05) is 37.6 Å². The SMILES string of the molecule is CCCCc1ccc(SCC(NC(C)=O)C(=O)N2CCN(c3ccccc3F)CC2)cc1. The lowest BCUT2D eigenvalue weighted by Crippen LogP contribution is -2.55. The molecule has 0 saturated carbocycles. The second kappa shape index (κ2) is 11.9. The van der Waals surface area contributed by atoms with Crippen molar-refractivity contribution < 1.29 is 14.0 Å². The molecule has 0 aliphatic carbocycles. The molecule has 32 heavy (non-hydrogen) atoms. The average Bonchev–Trinajstić information content (AvgIpc) is 2.81. The van der Waals surface area contributed by atoms with E-state index in [0.29, 0.717) is 37.6 Å². The minimum Gasteiger partial charge on any atom is -0.366 e. The van der Waals surface area contributed by atoms with E-state index in [1.54, 1.807) is 28.8 Å². The molecule has 1 N–H and O–H groups in total. The van der Waals surface area contributed by atoms with Crippen molar-refractivity contribution in [2.24, 2.45) is 0 Å². The lowest BCUT2D eigenvalue weighted by molar-refractivity contribution is -0.135. The Morgan fingerprint density at radius 1 is 1.06 bits per heavy atom. The van der Waals surface area contributed by atoms with E-state index in [0.717, 1.165) is 11.3 Å². The van der Waals surface area contributed by atoms with Gasteiger partial charge in [0.15, 0.2) is 0 Å². The average molecular weight is 458 g/mol. The maximum absolute atomic E-state index is 14.1. The third kappa shape index (κ3) is 6.73. The number of piperazine rings is 1. The number of amides is 2. The summed E-state index contributed by atoms with van der Waals surface area (Å²) in [5, 5.41) is 2.81. The Bertz CT molecular complexity index is 898. The van der Waals surface area contributed by atoms with Crippen molar-refractivity contribution in [1.29, 1.82) is 0 Å². The van der Waals surface area contributed by atoms with E-state index >= 15 is 0 Å². The van der Waals surface area contributed by atoms with Crippen LogP contribution in [0.15, 0.2) is 53.4 Å². The molecule has 1 aliphatic rings. The van der Waals surface area contributed by atoms with E-state index in [2.05, 4.69) is 36.5 Å². The summed E-state index contributed by atoms with van der Waals surface area (Å²) in [4.78, 5) is 29.7. The molecule has 3 rings (SSSR count). The van der Waals surface area contributed by atoms with E-state index in [4.69, 9.17) is 0 Å². The fourth-order valence-corrected chi connectivity index (χ4v) is 4.74. The fraction of sp³-hybridized carbons (Fsp3) is 0.440. The third-order valence-electron chi connectivity index (χ3n) is 5.62. The van der Waals surface area contributed by atoms with Gasteiger partial charge in [-0.05, 0) is 42.7 Å². The topological polar surface area (TPSA) is 52.7 Å². The van der Waals surface area contributed by atoms with Crippen molar-refractivity contribution in [2.45, 2.75) is 44.0 Å². The summed E-state index contributed by atoms with van der Waals surface area (Å²) in [5.41, 5.74) is 1.88. The zero-order valence-corrected chi connectivity index (χ0v) is 19.7. The number of hydrogen-bond donors (Lipinski definition) is 1. The van der Waals surface area contributed by atoms with Crippen molar-refractivity contribution in [3.05, 3.63) is 59.9 Å². The summed E-state index contributed by atoms with van der Waals surface area (Å²) in [5.74, 6) is -0.0786. The van der Waals surface area contributed by atoms with E-state index in [1.807, 2.05) is 11.0 Å². The molecule has 2 aromatic carbocycles. The molecule has 1 saturated heterocycles. The number of benzene rings is 2. The van der Waals surface area contributed by atoms with Crippen molar-refractivity contribution in [3.8, 4) is 0 Å². The van der Waals surface area contributed by atoms with Crippen molar-refractivity contribution in [1.82, 2.24) is 10.2 Å². The van der Waals surface area contributed by atoms with Gasteiger partial charge in [0, 0.05) is 43.8 Å². The zero-order chi connectivity index (χ0) is 22.9. The largest absolute Gasteiger partial charge is 0.366 e. The molecule has 2 aromatic rings. The number of hydrogen-bond acceptors (Lipinski definition) is 4. The third-order valence-corrected chi connectivity index (χ3v) is 6.72. The summed E-state index contributed by atoms with van der Waals surface area (Å²) >= 11 is 1.57. The first kappa shape index (κ1) is 24.1. The van der Waals surface area contributed by atoms with Crippen LogP contribution in [0.1, 0.15) is 32.3 Å². The molecular weight excluding hydrogens is 425 g/mol. The monoisotopic (exact) mass is 457 g/mol. The maximum atomic E-state index is 14.1. The quantitative estimate of drug-likeness (QED) is 0.576. The van der Waals surface area contributed by atoms with Crippen LogP contribution in [0.5, 0.6) is 0 Å². The van der Waals surface area contributed by atoms with E-state index in [-0.39, 0.29) is 17.6 Å². The number of halogens is 1. The van der Waals surface area contributed by atoms with Gasteiger partial charge in [-0.15, -0.1) is 11.8 Å². The molecule has 0 radical (unpaired) electrons. The second-order valence-corrected chi connectivity index (χ2v) is 9.17. The van der Waals surface area contributed by atoms with Gasteiger partial charge in [-0.25, -0.2) is 4.39 Å². The minimum atomic E-state index is -0.586. The lowest BCUT2D eigenvalue weighted by Gasteiger charge is -2.37. The number of nitrogens with zero attached hydrogens (tertiary/aromatic N) is 2. The highest BCUT2D eigenvalue weighted by molar-refractivity contribution is 7.99. The number of carbonyl (C=O) groups excluding carboxylic acids is 2. The molecule has 1 fully saturated rings. The van der Waals surface area contributed by atoms with Crippen LogP contribution in [-0.4, -0.2) is 54.7 Å². The number of carbonyl (C=O) groups is 2. The molecule has 1 heterocycles. The molecular formula is C25H32FN3O2S. The number of aryl methyl sites for hydroxylation is 1. The minimum absolute atomic E-state index is 0.0829. The van der Waals surface area contributed by atoms with Gasteiger partial charge in [0.25, 0.3) is 0 Å². The number of para-hydroxylation sites is 1. The Morgan fingerprint density at radius 3 is 2.38 bits per heavy atom. The van der Waals surface area contributed by atoms with Gasteiger partial charge < -0.3 is 15.1 Å². The normalized spacial score (nSPS) is 14.8. The zero-order valence-electron chi connectivity index (χ0n) is 18.9. The summed E-state index contributed by atoms with van der Waals surface area (Å²) in [7, 11) is 0. The summed E-state index contributed by atoms with van der Waals surface area (Å²) in [6, 6.07) is 14.5. The summed E-state index contributed by atoms with van der Waals surface area (Å²) < 4.78 is 14.1. The first-order chi connectivity index (χ1) is 15.5. The predicted octanol–water partition coefficient (Wildman–Crippen LogP) is 4.11. The number of nitrogens with one attached hydrogen (secondary N) is 1.